The summed E-state index contributed by atoms with van der Waals surface area (Å²) in [6, 6.07) is 22.3. The van der Waals surface area contributed by atoms with Gasteiger partial charge in [-0.2, -0.15) is 4.72 Å². The van der Waals surface area contributed by atoms with Gasteiger partial charge in [0.1, 0.15) is 0 Å². The van der Waals surface area contributed by atoms with E-state index in [-0.39, 0.29) is 11.5 Å². The lowest BCUT2D eigenvalue weighted by atomic mass is 9.84. The van der Waals surface area contributed by atoms with Crippen LogP contribution in [0.2, 0.25) is 0 Å². The van der Waals surface area contributed by atoms with Crippen molar-refractivity contribution in [2.75, 3.05) is 6.61 Å². The first-order chi connectivity index (χ1) is 13.8. The molecule has 3 aromatic carbocycles. The van der Waals surface area contributed by atoms with Crippen LogP contribution in [0.4, 0.5) is 0 Å². The van der Waals surface area contributed by atoms with Crippen molar-refractivity contribution >= 4 is 16.0 Å². The van der Waals surface area contributed by atoms with Crippen LogP contribution >= 0.6 is 0 Å². The number of esters is 1. The first-order valence-corrected chi connectivity index (χ1v) is 10.8. The van der Waals surface area contributed by atoms with Crippen LogP contribution in [-0.4, -0.2) is 21.0 Å². The minimum Gasteiger partial charge on any atom is -0.462 e. The quantitative estimate of drug-likeness (QED) is 0.662. The van der Waals surface area contributed by atoms with Crippen molar-refractivity contribution < 1.29 is 17.9 Å². The molecule has 1 aliphatic rings. The van der Waals surface area contributed by atoms with E-state index in [1.807, 2.05) is 61.5 Å². The Balaban J connectivity index is 1.79. The molecule has 6 heteroatoms. The van der Waals surface area contributed by atoms with E-state index in [1.165, 1.54) is 12.1 Å². The van der Waals surface area contributed by atoms with Crippen molar-refractivity contribution in [2.24, 2.45) is 0 Å². The monoisotopic (exact) mass is 407 g/mol. The fourth-order valence-electron chi connectivity index (χ4n) is 3.72. The Bertz CT molecular complexity index is 1170. The van der Waals surface area contributed by atoms with E-state index in [4.69, 9.17) is 4.74 Å². The molecule has 5 nitrogen and oxygen atoms in total. The number of carbonyl (C=O) groups is 1. The van der Waals surface area contributed by atoms with Gasteiger partial charge in [0.2, 0.25) is 10.0 Å². The molecule has 0 aliphatic carbocycles. The van der Waals surface area contributed by atoms with Gasteiger partial charge in [0.25, 0.3) is 0 Å². The number of sulfonamides is 1. The van der Waals surface area contributed by atoms with Crippen LogP contribution < -0.4 is 4.72 Å². The Kier molecular flexibility index (Phi) is 4.76. The number of hydrogen-bond acceptors (Lipinski definition) is 4. The molecule has 3 aromatic rings. The van der Waals surface area contributed by atoms with E-state index in [9.17, 15) is 13.2 Å². The third kappa shape index (κ3) is 3.34. The standard InChI is InChI=1S/C23H21NO4S/c1-3-28-22(25)18-11-14-21-20(15-18)23(2,24-29(21,26)27)19-12-9-17(10-13-19)16-7-5-4-6-8-16/h4-15,24H,3H2,1-2H3/t23-/m1/s1. The largest absolute Gasteiger partial charge is 0.462 e. The fraction of sp³-hybridized carbons (Fsp3) is 0.174. The lowest BCUT2D eigenvalue weighted by Crippen LogP contribution is -2.37. The smallest absolute Gasteiger partial charge is 0.338 e. The maximum absolute atomic E-state index is 12.7. The van der Waals surface area contributed by atoms with Crippen LogP contribution in [0, 0.1) is 0 Å². The second-order valence-corrected chi connectivity index (χ2v) is 8.76. The number of ether oxygens (including phenoxy) is 1. The van der Waals surface area contributed by atoms with E-state index >= 15 is 0 Å². The second kappa shape index (κ2) is 7.13. The Morgan fingerprint density at radius 1 is 0.966 bits per heavy atom. The number of rotatable bonds is 4. The summed E-state index contributed by atoms with van der Waals surface area (Å²) < 4.78 is 33.3. The topological polar surface area (TPSA) is 72.5 Å². The van der Waals surface area contributed by atoms with Gasteiger partial charge in [-0.1, -0.05) is 54.6 Å². The maximum atomic E-state index is 12.7. The van der Waals surface area contributed by atoms with Crippen LogP contribution in [0.3, 0.4) is 0 Å². The van der Waals surface area contributed by atoms with Gasteiger partial charge < -0.3 is 4.74 Å². The highest BCUT2D eigenvalue weighted by atomic mass is 32.2. The summed E-state index contributed by atoms with van der Waals surface area (Å²) in [4.78, 5) is 12.3. The van der Waals surface area contributed by atoms with Gasteiger partial charge in [0.05, 0.1) is 22.6 Å². The molecular formula is C23H21NO4S. The molecule has 0 spiro atoms. The summed E-state index contributed by atoms with van der Waals surface area (Å²) in [5, 5.41) is 0. The van der Waals surface area contributed by atoms with E-state index < -0.39 is 21.5 Å². The highest BCUT2D eigenvalue weighted by Crippen LogP contribution is 2.41. The van der Waals surface area contributed by atoms with Gasteiger partial charge in [-0.05, 0) is 54.3 Å². The Hall–Kier alpha value is -2.96. The van der Waals surface area contributed by atoms with Gasteiger partial charge in [0, 0.05) is 0 Å². The zero-order chi connectivity index (χ0) is 20.6. The van der Waals surface area contributed by atoms with Crippen molar-refractivity contribution in [1.82, 2.24) is 4.72 Å². The number of carbonyl (C=O) groups excluding carboxylic acids is 1. The average molecular weight is 407 g/mol. The molecule has 1 N–H and O–H groups in total. The summed E-state index contributed by atoms with van der Waals surface area (Å²) in [6.45, 7) is 3.79. The molecule has 1 aliphatic heterocycles. The van der Waals surface area contributed by atoms with Crippen LogP contribution in [0.25, 0.3) is 11.1 Å². The molecule has 0 aromatic heterocycles. The molecule has 0 fully saturated rings. The third-order valence-corrected chi connectivity index (χ3v) is 6.84. The Morgan fingerprint density at radius 2 is 1.62 bits per heavy atom. The average Bonchev–Trinajstić information content (AvgIpc) is 2.95. The third-order valence-electron chi connectivity index (χ3n) is 5.23. The lowest BCUT2D eigenvalue weighted by Gasteiger charge is -2.25. The number of benzene rings is 3. The van der Waals surface area contributed by atoms with E-state index in [0.717, 1.165) is 16.7 Å². The van der Waals surface area contributed by atoms with Gasteiger partial charge in [-0.15, -0.1) is 0 Å². The molecule has 148 valence electrons. The summed E-state index contributed by atoms with van der Waals surface area (Å²) in [7, 11) is -3.68. The van der Waals surface area contributed by atoms with Crippen molar-refractivity contribution in [3.05, 3.63) is 89.5 Å². The first-order valence-electron chi connectivity index (χ1n) is 9.37. The maximum Gasteiger partial charge on any atom is 0.338 e. The van der Waals surface area contributed by atoms with Gasteiger partial charge in [0.15, 0.2) is 0 Å². The normalized spacial score (nSPS) is 19.5. The zero-order valence-corrected chi connectivity index (χ0v) is 17.0. The predicted molar refractivity (Wildman–Crippen MR) is 111 cm³/mol. The van der Waals surface area contributed by atoms with Crippen molar-refractivity contribution in [2.45, 2.75) is 24.3 Å². The highest BCUT2D eigenvalue weighted by Gasteiger charge is 2.44. The van der Waals surface area contributed by atoms with Crippen molar-refractivity contribution in [3.63, 3.8) is 0 Å². The molecule has 0 saturated carbocycles. The fourth-order valence-corrected chi connectivity index (χ4v) is 5.39. The summed E-state index contributed by atoms with van der Waals surface area (Å²) in [5.41, 5.74) is 2.81. The van der Waals surface area contributed by atoms with Gasteiger partial charge in [-0.3, -0.25) is 0 Å². The summed E-state index contributed by atoms with van der Waals surface area (Å²) in [5.74, 6) is -0.471. The van der Waals surface area contributed by atoms with Gasteiger partial charge >= 0.3 is 5.97 Å². The highest BCUT2D eigenvalue weighted by molar-refractivity contribution is 7.89. The van der Waals surface area contributed by atoms with Crippen LogP contribution in [0.1, 0.15) is 35.3 Å². The SMILES string of the molecule is CCOC(=O)c1ccc2c(c1)[C@@](C)(c1ccc(-c3ccccc3)cc1)NS2(=O)=O. The molecule has 0 radical (unpaired) electrons. The second-order valence-electron chi connectivity index (χ2n) is 7.11. The van der Waals surface area contributed by atoms with Crippen LogP contribution in [-0.2, 0) is 20.3 Å². The molecule has 0 amide bonds. The number of hydrogen-bond donors (Lipinski definition) is 1. The molecule has 0 bridgehead atoms. The van der Waals surface area contributed by atoms with E-state index in [0.29, 0.717) is 11.1 Å². The predicted octanol–water partition coefficient (Wildman–Crippen LogP) is 4.09. The van der Waals surface area contributed by atoms with Crippen LogP contribution in [0.5, 0.6) is 0 Å². The number of nitrogens with one attached hydrogen (secondary N) is 1. The molecule has 4 rings (SSSR count). The minimum atomic E-state index is -3.68. The minimum absolute atomic E-state index is 0.181. The molecule has 1 atom stereocenters. The zero-order valence-electron chi connectivity index (χ0n) is 16.2. The molecule has 29 heavy (non-hydrogen) atoms. The number of fused-ring (bicyclic) bond motifs is 1. The first kappa shape index (κ1) is 19.4. The summed E-state index contributed by atoms with van der Waals surface area (Å²) in [6.07, 6.45) is 0. The van der Waals surface area contributed by atoms with Crippen molar-refractivity contribution in [3.8, 4) is 11.1 Å². The molecule has 1 heterocycles. The van der Waals surface area contributed by atoms with Crippen LogP contribution in [0.15, 0.2) is 77.7 Å². The molecule has 0 unspecified atom stereocenters. The van der Waals surface area contributed by atoms with E-state index in [2.05, 4.69) is 4.72 Å². The van der Waals surface area contributed by atoms with Crippen molar-refractivity contribution in [1.29, 1.82) is 0 Å². The van der Waals surface area contributed by atoms with E-state index in [1.54, 1.807) is 13.0 Å². The lowest BCUT2D eigenvalue weighted by molar-refractivity contribution is 0.0526. The summed E-state index contributed by atoms with van der Waals surface area (Å²) >= 11 is 0. The molecular weight excluding hydrogens is 386 g/mol. The molecule has 0 saturated heterocycles. The van der Waals surface area contributed by atoms with Gasteiger partial charge in [-0.25, -0.2) is 13.2 Å². The Morgan fingerprint density at radius 3 is 2.28 bits per heavy atom. The Labute approximate surface area is 170 Å².